The summed E-state index contributed by atoms with van der Waals surface area (Å²) in [6.45, 7) is 4.41. The number of amides is 1. The Balaban J connectivity index is 1.37. The molecule has 2 aliphatic rings. The van der Waals surface area contributed by atoms with Crippen molar-refractivity contribution in [1.82, 2.24) is 15.2 Å². The highest BCUT2D eigenvalue weighted by Gasteiger charge is 2.27. The fraction of sp³-hybridized carbons (Fsp3) is 0.714. The smallest absolute Gasteiger partial charge is 0.270 e. The van der Waals surface area contributed by atoms with Crippen LogP contribution in [-0.2, 0) is 0 Å². The predicted octanol–water partition coefficient (Wildman–Crippen LogP) is 1.58. The minimum Gasteiger partial charge on any atom is -0.375 e. The molecular weight excluding hydrogens is 272 g/mol. The average molecular weight is 294 g/mol. The first-order valence-electron chi connectivity index (χ1n) is 7.42. The number of hydrogen-bond donors (Lipinski definition) is 2. The van der Waals surface area contributed by atoms with E-state index in [-0.39, 0.29) is 5.91 Å². The summed E-state index contributed by atoms with van der Waals surface area (Å²) in [4.78, 5) is 18.5. The summed E-state index contributed by atoms with van der Waals surface area (Å²) < 4.78 is 0. The van der Waals surface area contributed by atoms with Gasteiger partial charge in [0.1, 0.15) is 5.69 Å². The van der Waals surface area contributed by atoms with Gasteiger partial charge < -0.3 is 16.0 Å². The number of carbonyl (C=O) groups is 1. The maximum atomic E-state index is 11.9. The van der Waals surface area contributed by atoms with Gasteiger partial charge in [-0.3, -0.25) is 4.79 Å². The number of piperidine rings is 1. The van der Waals surface area contributed by atoms with Crippen molar-refractivity contribution < 1.29 is 4.79 Å². The number of nitrogens with zero attached hydrogens (tertiary/aromatic N) is 2. The van der Waals surface area contributed by atoms with Crippen molar-refractivity contribution in [2.75, 3.05) is 31.9 Å². The summed E-state index contributed by atoms with van der Waals surface area (Å²) in [6, 6.07) is 0. The summed E-state index contributed by atoms with van der Waals surface area (Å²) in [6.07, 6.45) is 5.22. The van der Waals surface area contributed by atoms with Gasteiger partial charge in [0.05, 0.1) is 0 Å². The molecule has 0 atom stereocenters. The van der Waals surface area contributed by atoms with Gasteiger partial charge in [0.2, 0.25) is 0 Å². The lowest BCUT2D eigenvalue weighted by atomic mass is 9.96. The number of nitrogen functional groups attached to an aromatic ring is 1. The SMILES string of the molecule is Nc1nc(C(=O)NCC2CCN(CC3CC3)CC2)cs1. The number of nitrogens with two attached hydrogens (primary N) is 1. The lowest BCUT2D eigenvalue weighted by Crippen LogP contribution is -2.39. The average Bonchev–Trinajstić information content (AvgIpc) is 3.16. The third kappa shape index (κ3) is 3.70. The van der Waals surface area contributed by atoms with Crippen LogP contribution >= 0.6 is 11.3 Å². The largest absolute Gasteiger partial charge is 0.375 e. The summed E-state index contributed by atoms with van der Waals surface area (Å²) in [5.74, 6) is 1.48. The van der Waals surface area contributed by atoms with Gasteiger partial charge in [-0.2, -0.15) is 0 Å². The standard InChI is InChI=1S/C14H22N4OS/c15-14-17-12(9-20-14)13(19)16-7-10-3-5-18(6-4-10)8-11-1-2-11/h9-11H,1-8H2,(H2,15,17)(H,16,19). The first-order chi connectivity index (χ1) is 9.70. The van der Waals surface area contributed by atoms with Crippen LogP contribution in [0.1, 0.15) is 36.2 Å². The van der Waals surface area contributed by atoms with Gasteiger partial charge in [-0.1, -0.05) is 0 Å². The minimum absolute atomic E-state index is 0.0987. The maximum absolute atomic E-state index is 11.9. The normalized spacial score (nSPS) is 21.0. The van der Waals surface area contributed by atoms with E-state index in [0.29, 0.717) is 16.7 Å². The highest BCUT2D eigenvalue weighted by Crippen LogP contribution is 2.31. The number of hydrogen-bond acceptors (Lipinski definition) is 5. The van der Waals surface area contributed by atoms with Gasteiger partial charge in [-0.15, -0.1) is 11.3 Å². The lowest BCUT2D eigenvalue weighted by molar-refractivity contribution is 0.0931. The molecule has 6 heteroatoms. The fourth-order valence-corrected chi connectivity index (χ4v) is 3.30. The Labute approximate surface area is 123 Å². The zero-order chi connectivity index (χ0) is 13.9. The highest BCUT2D eigenvalue weighted by atomic mass is 32.1. The Morgan fingerprint density at radius 2 is 2.10 bits per heavy atom. The molecule has 0 spiro atoms. The van der Waals surface area contributed by atoms with E-state index >= 15 is 0 Å². The zero-order valence-electron chi connectivity index (χ0n) is 11.7. The molecule has 3 rings (SSSR count). The van der Waals surface area contributed by atoms with Gasteiger partial charge in [0.25, 0.3) is 5.91 Å². The van der Waals surface area contributed by atoms with Crippen LogP contribution in [0.4, 0.5) is 5.13 Å². The number of anilines is 1. The maximum Gasteiger partial charge on any atom is 0.270 e. The van der Waals surface area contributed by atoms with Crippen molar-refractivity contribution in [2.45, 2.75) is 25.7 Å². The molecule has 20 heavy (non-hydrogen) atoms. The molecule has 1 aromatic rings. The quantitative estimate of drug-likeness (QED) is 0.865. The van der Waals surface area contributed by atoms with E-state index < -0.39 is 0 Å². The molecule has 1 amide bonds. The summed E-state index contributed by atoms with van der Waals surface area (Å²) >= 11 is 1.31. The van der Waals surface area contributed by atoms with E-state index in [1.165, 1.54) is 56.7 Å². The second-order valence-electron chi connectivity index (χ2n) is 5.97. The van der Waals surface area contributed by atoms with E-state index in [1.807, 2.05) is 0 Å². The van der Waals surface area contributed by atoms with Gasteiger partial charge in [0.15, 0.2) is 5.13 Å². The molecule has 0 aromatic carbocycles. The molecule has 0 radical (unpaired) electrons. The van der Waals surface area contributed by atoms with Crippen LogP contribution in [0.25, 0.3) is 0 Å². The molecule has 1 aromatic heterocycles. The molecular formula is C14H22N4OS. The minimum atomic E-state index is -0.0987. The highest BCUT2D eigenvalue weighted by molar-refractivity contribution is 7.13. The predicted molar refractivity (Wildman–Crippen MR) is 80.7 cm³/mol. The Bertz CT molecular complexity index is 463. The van der Waals surface area contributed by atoms with E-state index in [0.717, 1.165) is 12.5 Å². The molecule has 1 aliphatic heterocycles. The fourth-order valence-electron chi connectivity index (χ4n) is 2.76. The van der Waals surface area contributed by atoms with Crippen molar-refractivity contribution in [3.63, 3.8) is 0 Å². The summed E-state index contributed by atoms with van der Waals surface area (Å²) in [5.41, 5.74) is 5.98. The number of aromatic nitrogens is 1. The van der Waals surface area contributed by atoms with Gasteiger partial charge in [0, 0.05) is 18.5 Å². The molecule has 5 nitrogen and oxygen atoms in total. The van der Waals surface area contributed by atoms with Gasteiger partial charge in [-0.25, -0.2) is 4.98 Å². The molecule has 1 saturated carbocycles. The van der Waals surface area contributed by atoms with Crippen LogP contribution in [0.15, 0.2) is 5.38 Å². The van der Waals surface area contributed by atoms with Crippen molar-refractivity contribution >= 4 is 22.4 Å². The van der Waals surface area contributed by atoms with E-state index in [9.17, 15) is 4.79 Å². The number of nitrogens with one attached hydrogen (secondary N) is 1. The lowest BCUT2D eigenvalue weighted by Gasteiger charge is -2.31. The van der Waals surface area contributed by atoms with Crippen molar-refractivity contribution in [1.29, 1.82) is 0 Å². The molecule has 2 fully saturated rings. The van der Waals surface area contributed by atoms with Crippen molar-refractivity contribution in [3.05, 3.63) is 11.1 Å². The molecule has 1 saturated heterocycles. The molecule has 110 valence electrons. The van der Waals surface area contributed by atoms with Gasteiger partial charge in [-0.05, 0) is 50.6 Å². The van der Waals surface area contributed by atoms with Crippen molar-refractivity contribution in [2.24, 2.45) is 11.8 Å². The molecule has 0 bridgehead atoms. The van der Waals surface area contributed by atoms with Crippen LogP contribution in [-0.4, -0.2) is 42.0 Å². The second-order valence-corrected chi connectivity index (χ2v) is 6.86. The Morgan fingerprint density at radius 3 is 2.70 bits per heavy atom. The van der Waals surface area contributed by atoms with Crippen LogP contribution in [0, 0.1) is 11.8 Å². The van der Waals surface area contributed by atoms with E-state index in [2.05, 4.69) is 15.2 Å². The van der Waals surface area contributed by atoms with Crippen LogP contribution in [0.2, 0.25) is 0 Å². The monoisotopic (exact) mass is 294 g/mol. The third-order valence-corrected chi connectivity index (χ3v) is 4.90. The van der Waals surface area contributed by atoms with E-state index in [1.54, 1.807) is 5.38 Å². The van der Waals surface area contributed by atoms with Crippen molar-refractivity contribution in [3.8, 4) is 0 Å². The van der Waals surface area contributed by atoms with Crippen LogP contribution in [0.3, 0.4) is 0 Å². The zero-order valence-corrected chi connectivity index (χ0v) is 12.5. The number of rotatable bonds is 5. The summed E-state index contributed by atoms with van der Waals surface area (Å²) in [5, 5.41) is 5.14. The van der Waals surface area contributed by atoms with Crippen LogP contribution < -0.4 is 11.1 Å². The van der Waals surface area contributed by atoms with Gasteiger partial charge >= 0.3 is 0 Å². The topological polar surface area (TPSA) is 71.2 Å². The number of thiazole rings is 1. The molecule has 3 N–H and O–H groups in total. The first-order valence-corrected chi connectivity index (χ1v) is 8.30. The Morgan fingerprint density at radius 1 is 1.35 bits per heavy atom. The second kappa shape index (κ2) is 6.10. The first kappa shape index (κ1) is 13.8. The number of likely N-dealkylation sites (tertiary alicyclic amines) is 1. The third-order valence-electron chi connectivity index (χ3n) is 4.23. The molecule has 2 heterocycles. The Kier molecular flexibility index (Phi) is 4.21. The van der Waals surface area contributed by atoms with Crippen LogP contribution in [0.5, 0.6) is 0 Å². The molecule has 0 unspecified atom stereocenters. The molecule has 1 aliphatic carbocycles. The number of carbonyl (C=O) groups excluding carboxylic acids is 1. The van der Waals surface area contributed by atoms with E-state index in [4.69, 9.17) is 5.73 Å². The Hall–Kier alpha value is -1.14. The summed E-state index contributed by atoms with van der Waals surface area (Å²) in [7, 11) is 0.